The van der Waals surface area contributed by atoms with Crippen LogP contribution in [0.5, 0.6) is 0 Å². The molecule has 0 saturated heterocycles. The summed E-state index contributed by atoms with van der Waals surface area (Å²) in [5.41, 5.74) is 10.4. The van der Waals surface area contributed by atoms with Crippen molar-refractivity contribution in [1.29, 1.82) is 0 Å². The lowest BCUT2D eigenvalue weighted by Crippen LogP contribution is -2.54. The number of ether oxygens (including phenoxy) is 1. The van der Waals surface area contributed by atoms with Crippen LogP contribution in [-0.2, 0) is 25.5 Å². The Kier molecular flexibility index (Phi) is 7.47. The maximum atomic E-state index is 12.5. The van der Waals surface area contributed by atoms with Crippen LogP contribution in [0.4, 0.5) is 0 Å². The molecule has 0 radical (unpaired) electrons. The molecule has 1 aromatic carbocycles. The van der Waals surface area contributed by atoms with Crippen LogP contribution in [0.3, 0.4) is 0 Å². The van der Waals surface area contributed by atoms with E-state index in [4.69, 9.17) is 21.3 Å². The van der Waals surface area contributed by atoms with Gasteiger partial charge in [-0.25, -0.2) is 0 Å². The highest BCUT2D eigenvalue weighted by Crippen LogP contribution is 2.22. The van der Waals surface area contributed by atoms with Crippen LogP contribution < -0.4 is 11.5 Å². The van der Waals surface area contributed by atoms with Gasteiger partial charge in [0.15, 0.2) is 5.78 Å². The first-order chi connectivity index (χ1) is 11.9. The van der Waals surface area contributed by atoms with E-state index in [1.54, 1.807) is 20.8 Å². The molecule has 26 heavy (non-hydrogen) atoms. The van der Waals surface area contributed by atoms with Crippen molar-refractivity contribution in [1.82, 2.24) is 0 Å². The number of Topliss-reactive ketones (excluding diaryl/α,β-unsaturated/α-hetero) is 1. The molecule has 7 heteroatoms. The summed E-state index contributed by atoms with van der Waals surface area (Å²) in [5, 5.41) is 8.91. The Morgan fingerprint density at radius 2 is 1.73 bits per heavy atom. The third kappa shape index (κ3) is 7.33. The highest BCUT2D eigenvalue weighted by molar-refractivity contribution is 5.92. The van der Waals surface area contributed by atoms with Crippen molar-refractivity contribution in [2.75, 3.05) is 0 Å². The quantitative estimate of drug-likeness (QED) is 0.564. The molecule has 0 saturated carbocycles. The fourth-order valence-corrected chi connectivity index (χ4v) is 2.40. The van der Waals surface area contributed by atoms with E-state index in [9.17, 15) is 14.4 Å². The predicted molar refractivity (Wildman–Crippen MR) is 97.4 cm³/mol. The summed E-state index contributed by atoms with van der Waals surface area (Å²) >= 11 is 0. The van der Waals surface area contributed by atoms with Crippen molar-refractivity contribution in [2.45, 2.75) is 63.6 Å². The Balaban J connectivity index is 2.87. The number of aliphatic carboxylic acids is 1. The number of esters is 1. The minimum atomic E-state index is -1.73. The zero-order valence-electron chi connectivity index (χ0n) is 15.5. The number of ketones is 1. The Morgan fingerprint density at radius 3 is 2.23 bits per heavy atom. The Morgan fingerprint density at radius 1 is 1.15 bits per heavy atom. The van der Waals surface area contributed by atoms with Gasteiger partial charge in [-0.1, -0.05) is 30.3 Å². The Bertz CT molecular complexity index is 639. The fourth-order valence-electron chi connectivity index (χ4n) is 2.40. The molecule has 1 unspecified atom stereocenters. The molecule has 0 heterocycles. The normalized spacial score (nSPS) is 15.0. The number of hydrogen-bond donors (Lipinski definition) is 3. The van der Waals surface area contributed by atoms with Crippen molar-refractivity contribution in [2.24, 2.45) is 11.5 Å². The minimum Gasteiger partial charge on any atom is -0.481 e. The molecule has 0 aliphatic rings. The van der Waals surface area contributed by atoms with E-state index in [0.29, 0.717) is 6.42 Å². The second-order valence-corrected chi connectivity index (χ2v) is 7.49. The van der Waals surface area contributed by atoms with Gasteiger partial charge < -0.3 is 21.3 Å². The van der Waals surface area contributed by atoms with E-state index >= 15 is 0 Å². The third-order valence-corrected chi connectivity index (χ3v) is 3.79. The maximum Gasteiger partial charge on any atom is 0.327 e. The Hall–Kier alpha value is -2.25. The molecule has 0 aliphatic heterocycles. The van der Waals surface area contributed by atoms with E-state index in [-0.39, 0.29) is 19.3 Å². The van der Waals surface area contributed by atoms with Gasteiger partial charge in [0.05, 0.1) is 6.04 Å². The summed E-state index contributed by atoms with van der Waals surface area (Å²) < 4.78 is 5.28. The van der Waals surface area contributed by atoms with Gasteiger partial charge in [0.2, 0.25) is 0 Å². The van der Waals surface area contributed by atoms with Crippen molar-refractivity contribution < 1.29 is 24.2 Å². The molecule has 2 atom stereocenters. The van der Waals surface area contributed by atoms with Crippen LogP contribution in [0.25, 0.3) is 0 Å². The first kappa shape index (κ1) is 21.8. The van der Waals surface area contributed by atoms with Gasteiger partial charge in [-0.05, 0) is 39.2 Å². The summed E-state index contributed by atoms with van der Waals surface area (Å²) in [7, 11) is 0. The van der Waals surface area contributed by atoms with Crippen molar-refractivity contribution >= 4 is 17.7 Å². The smallest absolute Gasteiger partial charge is 0.327 e. The second kappa shape index (κ2) is 8.91. The fraction of sp³-hybridized carbons (Fsp3) is 0.526. The molecule has 5 N–H and O–H groups in total. The molecule has 144 valence electrons. The number of carbonyl (C=O) groups is 3. The van der Waals surface area contributed by atoms with Crippen LogP contribution in [0.2, 0.25) is 0 Å². The predicted octanol–water partition coefficient (Wildman–Crippen LogP) is 1.42. The maximum absolute atomic E-state index is 12.5. The summed E-state index contributed by atoms with van der Waals surface area (Å²) in [4.78, 5) is 35.9. The largest absolute Gasteiger partial charge is 0.481 e. The van der Waals surface area contributed by atoms with Gasteiger partial charge in [-0.3, -0.25) is 14.4 Å². The lowest BCUT2D eigenvalue weighted by Gasteiger charge is -2.31. The lowest BCUT2D eigenvalue weighted by molar-refractivity contribution is -0.163. The van der Waals surface area contributed by atoms with Crippen LogP contribution >= 0.6 is 0 Å². The molecular weight excluding hydrogens is 336 g/mol. The highest BCUT2D eigenvalue weighted by Gasteiger charge is 2.41. The molecule has 0 amide bonds. The van der Waals surface area contributed by atoms with Crippen LogP contribution in [0.1, 0.15) is 45.6 Å². The standard InChI is InChI=1S/C19H28N2O5/c1-18(2,3)26-17(25)19(21,10-9-16(23)24)12-15(22)14(20)11-13-7-5-4-6-8-13/h4-8,14H,9-12,20-21H2,1-3H3,(H,23,24)/t14-,19?/m0/s1. The number of carboxylic acids is 1. The monoisotopic (exact) mass is 364 g/mol. The summed E-state index contributed by atoms with van der Waals surface area (Å²) in [6.45, 7) is 5.02. The number of rotatable bonds is 9. The molecule has 0 fully saturated rings. The molecule has 7 nitrogen and oxygen atoms in total. The van der Waals surface area contributed by atoms with Crippen molar-refractivity contribution in [3.05, 3.63) is 35.9 Å². The summed E-state index contributed by atoms with van der Waals surface area (Å²) in [6, 6.07) is 8.39. The zero-order valence-corrected chi connectivity index (χ0v) is 15.5. The van der Waals surface area contributed by atoms with Gasteiger partial charge in [0, 0.05) is 12.8 Å². The average Bonchev–Trinajstić information content (AvgIpc) is 2.52. The first-order valence-electron chi connectivity index (χ1n) is 8.49. The number of benzene rings is 1. The highest BCUT2D eigenvalue weighted by atomic mass is 16.6. The van der Waals surface area contributed by atoms with Gasteiger partial charge in [-0.15, -0.1) is 0 Å². The Labute approximate surface area is 153 Å². The van der Waals surface area contributed by atoms with Crippen LogP contribution in [0, 0.1) is 0 Å². The minimum absolute atomic E-state index is 0.207. The van der Waals surface area contributed by atoms with Crippen LogP contribution in [-0.4, -0.2) is 40.0 Å². The second-order valence-electron chi connectivity index (χ2n) is 7.49. The average molecular weight is 364 g/mol. The van der Waals surface area contributed by atoms with Gasteiger partial charge >= 0.3 is 11.9 Å². The molecule has 0 aromatic heterocycles. The van der Waals surface area contributed by atoms with Gasteiger partial charge in [0.25, 0.3) is 0 Å². The number of nitrogens with two attached hydrogens (primary N) is 2. The zero-order chi connectivity index (χ0) is 20.0. The van der Waals surface area contributed by atoms with Crippen molar-refractivity contribution in [3.8, 4) is 0 Å². The van der Waals surface area contributed by atoms with Gasteiger partial charge in [0.1, 0.15) is 11.1 Å². The van der Waals surface area contributed by atoms with Gasteiger partial charge in [-0.2, -0.15) is 0 Å². The van der Waals surface area contributed by atoms with Crippen molar-refractivity contribution in [3.63, 3.8) is 0 Å². The number of carbonyl (C=O) groups excluding carboxylic acids is 2. The van der Waals surface area contributed by atoms with E-state index in [0.717, 1.165) is 5.56 Å². The summed E-state index contributed by atoms with van der Waals surface area (Å²) in [6.07, 6.45) is -0.621. The molecule has 1 aromatic rings. The summed E-state index contributed by atoms with van der Waals surface area (Å²) in [5.74, 6) is -2.32. The molecule has 0 bridgehead atoms. The van der Waals surface area contributed by atoms with E-state index < -0.39 is 34.9 Å². The number of hydrogen-bond acceptors (Lipinski definition) is 6. The first-order valence-corrected chi connectivity index (χ1v) is 8.49. The van der Waals surface area contributed by atoms with Crippen LogP contribution in [0.15, 0.2) is 30.3 Å². The van der Waals surface area contributed by atoms with E-state index in [1.165, 1.54) is 0 Å². The SMILES string of the molecule is CC(C)(C)OC(=O)C(N)(CCC(=O)O)CC(=O)[C@@H](N)Cc1ccccc1. The molecule has 1 rings (SSSR count). The third-order valence-electron chi connectivity index (χ3n) is 3.79. The van der Waals surface area contributed by atoms with E-state index in [2.05, 4.69) is 0 Å². The molecule has 0 aliphatic carbocycles. The number of carboxylic acid groups (broad SMARTS) is 1. The molecule has 0 spiro atoms. The lowest BCUT2D eigenvalue weighted by atomic mass is 9.85. The van der Waals surface area contributed by atoms with E-state index in [1.807, 2.05) is 30.3 Å². The topological polar surface area (TPSA) is 133 Å². The molecular formula is C19H28N2O5.